The van der Waals surface area contributed by atoms with Crippen LogP contribution in [0.3, 0.4) is 0 Å². The Hall–Kier alpha value is -3.97. The number of likely N-dealkylation sites (N-methyl/N-ethyl adjacent to an activating group) is 1. The van der Waals surface area contributed by atoms with E-state index in [1.54, 1.807) is 7.11 Å². The maximum Gasteiger partial charge on any atom is 0.407 e. The summed E-state index contributed by atoms with van der Waals surface area (Å²) in [6.45, 7) is 0.359. The maximum absolute atomic E-state index is 11.3. The number of aliphatic hydroxyl groups is 1. The molecule has 3 aromatic carbocycles. The van der Waals surface area contributed by atoms with Crippen molar-refractivity contribution < 1.29 is 24.5 Å². The Morgan fingerprint density at radius 2 is 1.76 bits per heavy atom. The maximum atomic E-state index is 11.3. The number of carboxylic acid groups (broad SMARTS) is 1. The summed E-state index contributed by atoms with van der Waals surface area (Å²) in [5, 5.41) is 21.3. The van der Waals surface area contributed by atoms with Crippen molar-refractivity contribution >= 4 is 17.0 Å². The molecular formula is C27H28N2O5. The van der Waals surface area contributed by atoms with Crippen LogP contribution in [0.15, 0.2) is 85.1 Å². The SMILES string of the molecule is COc1ccccc1COc1ccc2c(ccn2[C@@H](c2ccccc2)[C@H](O)CN(C)C(=O)O)c1. The topological polar surface area (TPSA) is 84.2 Å². The number of methoxy groups -OCH3 is 1. The fourth-order valence-electron chi connectivity index (χ4n) is 4.13. The van der Waals surface area contributed by atoms with Gasteiger partial charge in [0, 0.05) is 29.7 Å². The number of amides is 1. The summed E-state index contributed by atoms with van der Waals surface area (Å²) in [7, 11) is 3.09. The zero-order valence-corrected chi connectivity index (χ0v) is 19.2. The summed E-state index contributed by atoms with van der Waals surface area (Å²) < 4.78 is 13.4. The highest BCUT2D eigenvalue weighted by Gasteiger charge is 2.26. The van der Waals surface area contributed by atoms with Gasteiger partial charge in [-0.05, 0) is 35.9 Å². The van der Waals surface area contributed by atoms with Gasteiger partial charge in [-0.25, -0.2) is 4.79 Å². The second kappa shape index (κ2) is 10.3. The van der Waals surface area contributed by atoms with Crippen molar-refractivity contribution in [1.29, 1.82) is 0 Å². The highest BCUT2D eigenvalue weighted by Crippen LogP contribution is 2.31. The molecule has 2 N–H and O–H groups in total. The molecule has 0 fully saturated rings. The van der Waals surface area contributed by atoms with Gasteiger partial charge in [-0.2, -0.15) is 0 Å². The summed E-state index contributed by atoms with van der Waals surface area (Å²) in [6.07, 6.45) is -0.114. The van der Waals surface area contributed by atoms with Gasteiger partial charge in [0.25, 0.3) is 0 Å². The van der Waals surface area contributed by atoms with Gasteiger partial charge in [-0.15, -0.1) is 0 Å². The van der Waals surface area contributed by atoms with Crippen molar-refractivity contribution in [3.05, 3.63) is 96.2 Å². The van der Waals surface area contributed by atoms with Crippen molar-refractivity contribution in [3.63, 3.8) is 0 Å². The quantitative estimate of drug-likeness (QED) is 0.375. The van der Waals surface area contributed by atoms with E-state index in [-0.39, 0.29) is 6.54 Å². The van der Waals surface area contributed by atoms with Gasteiger partial charge in [0.1, 0.15) is 18.1 Å². The first kappa shape index (κ1) is 23.2. The number of rotatable bonds is 9. The van der Waals surface area contributed by atoms with Gasteiger partial charge in [0.15, 0.2) is 0 Å². The predicted octanol–water partition coefficient (Wildman–Crippen LogP) is 4.79. The first-order valence-electron chi connectivity index (χ1n) is 11.0. The molecule has 0 spiro atoms. The molecule has 176 valence electrons. The Morgan fingerprint density at radius 1 is 1.03 bits per heavy atom. The normalized spacial score (nSPS) is 12.8. The zero-order valence-electron chi connectivity index (χ0n) is 19.2. The van der Waals surface area contributed by atoms with Crippen LogP contribution in [-0.4, -0.2) is 52.6 Å². The van der Waals surface area contributed by atoms with Crippen molar-refractivity contribution in [2.24, 2.45) is 0 Å². The molecule has 7 nitrogen and oxygen atoms in total. The lowest BCUT2D eigenvalue weighted by molar-refractivity contribution is 0.0850. The third-order valence-corrected chi connectivity index (χ3v) is 5.87. The number of fused-ring (bicyclic) bond motifs is 1. The van der Waals surface area contributed by atoms with E-state index in [1.807, 2.05) is 89.6 Å². The molecule has 7 heteroatoms. The predicted molar refractivity (Wildman–Crippen MR) is 131 cm³/mol. The molecule has 1 heterocycles. The highest BCUT2D eigenvalue weighted by atomic mass is 16.5. The molecule has 4 aromatic rings. The molecular weight excluding hydrogens is 432 g/mol. The number of nitrogens with zero attached hydrogens (tertiary/aromatic N) is 2. The number of carbonyl (C=O) groups is 1. The summed E-state index contributed by atoms with van der Waals surface area (Å²) in [5.74, 6) is 1.50. The Labute approximate surface area is 198 Å². The van der Waals surface area contributed by atoms with Gasteiger partial charge in [0.05, 0.1) is 25.8 Å². The molecule has 0 unspecified atom stereocenters. The van der Waals surface area contributed by atoms with E-state index in [2.05, 4.69) is 0 Å². The summed E-state index contributed by atoms with van der Waals surface area (Å²) in [5.41, 5.74) is 2.76. The monoisotopic (exact) mass is 460 g/mol. The molecule has 2 atom stereocenters. The van der Waals surface area contributed by atoms with E-state index in [0.717, 1.165) is 38.4 Å². The minimum Gasteiger partial charge on any atom is -0.496 e. The van der Waals surface area contributed by atoms with E-state index in [9.17, 15) is 15.0 Å². The molecule has 1 aromatic heterocycles. The second-order valence-electron chi connectivity index (χ2n) is 8.13. The lowest BCUT2D eigenvalue weighted by atomic mass is 10.0. The Kier molecular flexibility index (Phi) is 7.04. The minimum absolute atomic E-state index is 0.0192. The molecule has 0 aliphatic rings. The molecule has 0 aliphatic heterocycles. The minimum atomic E-state index is -1.08. The highest BCUT2D eigenvalue weighted by molar-refractivity contribution is 5.82. The molecule has 0 radical (unpaired) electrons. The number of hydrogen-bond donors (Lipinski definition) is 2. The van der Waals surface area contributed by atoms with E-state index < -0.39 is 18.2 Å². The molecule has 0 saturated carbocycles. The van der Waals surface area contributed by atoms with Crippen LogP contribution in [0, 0.1) is 0 Å². The largest absolute Gasteiger partial charge is 0.496 e. The van der Waals surface area contributed by atoms with Crippen LogP contribution in [-0.2, 0) is 6.61 Å². The first-order valence-corrected chi connectivity index (χ1v) is 11.0. The smallest absolute Gasteiger partial charge is 0.407 e. The van der Waals surface area contributed by atoms with Crippen LogP contribution in [0.5, 0.6) is 11.5 Å². The zero-order chi connectivity index (χ0) is 24.1. The van der Waals surface area contributed by atoms with Crippen LogP contribution >= 0.6 is 0 Å². The molecule has 0 bridgehead atoms. The summed E-state index contributed by atoms with van der Waals surface area (Å²) in [4.78, 5) is 12.4. The summed E-state index contributed by atoms with van der Waals surface area (Å²) >= 11 is 0. The molecule has 0 saturated heterocycles. The van der Waals surface area contributed by atoms with Crippen LogP contribution in [0.25, 0.3) is 10.9 Å². The van der Waals surface area contributed by atoms with E-state index in [0.29, 0.717) is 6.61 Å². The van der Waals surface area contributed by atoms with Crippen LogP contribution in [0.4, 0.5) is 4.79 Å². The lowest BCUT2D eigenvalue weighted by Crippen LogP contribution is -2.38. The summed E-state index contributed by atoms with van der Waals surface area (Å²) in [6, 6.07) is 24.6. The molecule has 1 amide bonds. The number of hydrogen-bond acceptors (Lipinski definition) is 4. The second-order valence-corrected chi connectivity index (χ2v) is 8.13. The van der Waals surface area contributed by atoms with Crippen molar-refractivity contribution in [1.82, 2.24) is 9.47 Å². The third-order valence-electron chi connectivity index (χ3n) is 5.87. The van der Waals surface area contributed by atoms with E-state index >= 15 is 0 Å². The van der Waals surface area contributed by atoms with Crippen LogP contribution in [0.1, 0.15) is 17.2 Å². The fraction of sp³-hybridized carbons (Fsp3) is 0.222. The Balaban J connectivity index is 1.62. The number of benzene rings is 3. The first-order chi connectivity index (χ1) is 16.5. The van der Waals surface area contributed by atoms with Crippen molar-refractivity contribution in [2.75, 3.05) is 20.7 Å². The average molecular weight is 461 g/mol. The van der Waals surface area contributed by atoms with Gasteiger partial charge < -0.3 is 29.2 Å². The number of para-hydroxylation sites is 1. The van der Waals surface area contributed by atoms with Gasteiger partial charge in [0.2, 0.25) is 0 Å². The van der Waals surface area contributed by atoms with E-state index in [1.165, 1.54) is 7.05 Å². The van der Waals surface area contributed by atoms with Crippen LogP contribution < -0.4 is 9.47 Å². The molecule has 34 heavy (non-hydrogen) atoms. The average Bonchev–Trinajstić information content (AvgIpc) is 3.26. The van der Waals surface area contributed by atoms with Gasteiger partial charge in [-0.3, -0.25) is 0 Å². The van der Waals surface area contributed by atoms with Crippen molar-refractivity contribution in [3.8, 4) is 11.5 Å². The number of aromatic nitrogens is 1. The van der Waals surface area contributed by atoms with Gasteiger partial charge >= 0.3 is 6.09 Å². The Bertz CT molecular complexity index is 1250. The van der Waals surface area contributed by atoms with E-state index in [4.69, 9.17) is 9.47 Å². The number of ether oxygens (including phenoxy) is 2. The number of aliphatic hydroxyl groups excluding tert-OH is 1. The van der Waals surface area contributed by atoms with Crippen molar-refractivity contribution in [2.45, 2.75) is 18.8 Å². The third kappa shape index (κ3) is 5.00. The fourth-order valence-corrected chi connectivity index (χ4v) is 4.13. The van der Waals surface area contributed by atoms with Gasteiger partial charge in [-0.1, -0.05) is 48.5 Å². The molecule has 0 aliphatic carbocycles. The van der Waals surface area contributed by atoms with Crippen LogP contribution in [0.2, 0.25) is 0 Å². The molecule has 4 rings (SSSR count). The lowest BCUT2D eigenvalue weighted by Gasteiger charge is -2.28. The standard InChI is InChI=1S/C27H28N2O5/c1-28(27(31)32)17-24(30)26(19-8-4-3-5-9-19)29-15-14-20-16-22(12-13-23(20)29)34-18-21-10-6-7-11-25(21)33-2/h3-16,24,26,30H,17-18H2,1-2H3,(H,31,32)/t24-,26+/m1/s1. The Morgan fingerprint density at radius 3 is 2.50 bits per heavy atom.